The van der Waals surface area contributed by atoms with Crippen molar-refractivity contribution in [3.63, 3.8) is 0 Å². The van der Waals surface area contributed by atoms with Crippen LogP contribution in [0, 0.1) is 5.82 Å². The second kappa shape index (κ2) is 5.01. The molecular weight excluding hydrogens is 219 g/mol. The molecule has 1 aromatic carbocycles. The van der Waals surface area contributed by atoms with Crippen molar-refractivity contribution < 1.29 is 8.81 Å². The van der Waals surface area contributed by atoms with Crippen molar-refractivity contribution in [2.75, 3.05) is 12.8 Å². The van der Waals surface area contributed by atoms with Crippen molar-refractivity contribution in [1.29, 1.82) is 0 Å². The lowest BCUT2D eigenvalue weighted by molar-refractivity contribution is 0.318. The highest BCUT2D eigenvalue weighted by Gasteiger charge is 2.06. The summed E-state index contributed by atoms with van der Waals surface area (Å²) in [5, 5.41) is 0. The van der Waals surface area contributed by atoms with Gasteiger partial charge in [0.2, 0.25) is 0 Å². The molecule has 0 spiro atoms. The fraction of sp³-hybridized carbons (Fsp3) is 0.231. The molecule has 1 heterocycles. The van der Waals surface area contributed by atoms with Gasteiger partial charge in [-0.1, -0.05) is 6.07 Å². The van der Waals surface area contributed by atoms with Crippen LogP contribution in [-0.4, -0.2) is 11.9 Å². The fourth-order valence-corrected chi connectivity index (χ4v) is 1.75. The maximum absolute atomic E-state index is 12.9. The second-order valence-electron chi connectivity index (χ2n) is 4.15. The third-order valence-corrected chi connectivity index (χ3v) is 2.58. The lowest BCUT2D eigenvalue weighted by Gasteiger charge is -2.16. The summed E-state index contributed by atoms with van der Waals surface area (Å²) in [7, 11) is 1.98. The smallest absolute Gasteiger partial charge is 0.125 e. The lowest BCUT2D eigenvalue weighted by Crippen LogP contribution is -2.17. The molecule has 0 bridgehead atoms. The molecular formula is C13H15FN2O. The predicted octanol–water partition coefficient (Wildman–Crippen LogP) is 2.63. The van der Waals surface area contributed by atoms with Crippen LogP contribution in [0.5, 0.6) is 0 Å². The first-order valence-electron chi connectivity index (χ1n) is 5.38. The average molecular weight is 234 g/mol. The van der Waals surface area contributed by atoms with E-state index in [-0.39, 0.29) is 5.82 Å². The molecule has 3 nitrogen and oxygen atoms in total. The molecule has 1 aromatic heterocycles. The Morgan fingerprint density at radius 3 is 2.76 bits per heavy atom. The van der Waals surface area contributed by atoms with Crippen molar-refractivity contribution in [2.24, 2.45) is 0 Å². The van der Waals surface area contributed by atoms with Crippen LogP contribution < -0.4 is 5.73 Å². The van der Waals surface area contributed by atoms with Gasteiger partial charge in [0, 0.05) is 24.3 Å². The molecule has 0 aliphatic carbocycles. The number of nitrogens with zero attached hydrogens (tertiary/aromatic N) is 1. The number of halogens is 1. The van der Waals surface area contributed by atoms with Crippen molar-refractivity contribution >= 4 is 5.69 Å². The Morgan fingerprint density at radius 2 is 2.12 bits per heavy atom. The first-order valence-corrected chi connectivity index (χ1v) is 5.38. The number of hydrogen-bond donors (Lipinski definition) is 1. The number of furan rings is 1. The van der Waals surface area contributed by atoms with E-state index in [1.807, 2.05) is 13.1 Å². The number of nitrogen functional groups attached to an aromatic ring is 1. The second-order valence-corrected chi connectivity index (χ2v) is 4.15. The highest BCUT2D eigenvalue weighted by Crippen LogP contribution is 2.16. The maximum Gasteiger partial charge on any atom is 0.125 e. The lowest BCUT2D eigenvalue weighted by atomic mass is 10.1. The summed E-state index contributed by atoms with van der Waals surface area (Å²) in [6.45, 7) is 1.45. The molecule has 0 unspecified atom stereocenters. The number of benzene rings is 1. The van der Waals surface area contributed by atoms with Gasteiger partial charge in [-0.25, -0.2) is 4.39 Å². The van der Waals surface area contributed by atoms with Gasteiger partial charge in [0.15, 0.2) is 0 Å². The summed E-state index contributed by atoms with van der Waals surface area (Å²) in [6, 6.07) is 6.42. The van der Waals surface area contributed by atoms with E-state index in [4.69, 9.17) is 10.2 Å². The van der Waals surface area contributed by atoms with Gasteiger partial charge in [0.05, 0.1) is 12.5 Å². The minimum atomic E-state index is -0.302. The van der Waals surface area contributed by atoms with Crippen molar-refractivity contribution in [2.45, 2.75) is 13.1 Å². The Labute approximate surface area is 99.6 Å². The third-order valence-electron chi connectivity index (χ3n) is 2.58. The van der Waals surface area contributed by atoms with Crippen LogP contribution in [-0.2, 0) is 13.1 Å². The van der Waals surface area contributed by atoms with E-state index in [0.717, 1.165) is 17.7 Å². The van der Waals surface area contributed by atoms with Crippen LogP contribution in [0.3, 0.4) is 0 Å². The summed E-state index contributed by atoms with van der Waals surface area (Å²) in [5.41, 5.74) is 8.28. The number of rotatable bonds is 4. The van der Waals surface area contributed by atoms with Gasteiger partial charge in [-0.3, -0.25) is 4.90 Å². The molecule has 0 atom stereocenters. The standard InChI is InChI=1S/C13H15FN2O/c1-16(7-10-4-5-17-9-10)8-11-2-3-12(14)6-13(11)15/h2-6,9H,7-8,15H2,1H3. The number of nitrogens with two attached hydrogens (primary N) is 1. The van der Waals surface area contributed by atoms with Crippen LogP contribution in [0.25, 0.3) is 0 Å². The molecule has 0 aliphatic heterocycles. The van der Waals surface area contributed by atoms with E-state index in [1.165, 1.54) is 12.1 Å². The fourth-order valence-electron chi connectivity index (χ4n) is 1.75. The van der Waals surface area contributed by atoms with Gasteiger partial charge >= 0.3 is 0 Å². The molecule has 0 radical (unpaired) electrons. The molecule has 90 valence electrons. The summed E-state index contributed by atoms with van der Waals surface area (Å²) < 4.78 is 17.9. The summed E-state index contributed by atoms with van der Waals surface area (Å²) in [5.74, 6) is -0.302. The molecule has 0 saturated heterocycles. The van der Waals surface area contributed by atoms with E-state index < -0.39 is 0 Å². The van der Waals surface area contributed by atoms with Crippen molar-refractivity contribution in [3.8, 4) is 0 Å². The van der Waals surface area contributed by atoms with E-state index in [2.05, 4.69) is 4.90 Å². The SMILES string of the molecule is CN(Cc1ccoc1)Cc1ccc(F)cc1N. The Balaban J connectivity index is 2.00. The zero-order valence-electron chi connectivity index (χ0n) is 9.69. The molecule has 0 fully saturated rings. The minimum Gasteiger partial charge on any atom is -0.472 e. The van der Waals surface area contributed by atoms with E-state index >= 15 is 0 Å². The first kappa shape index (κ1) is 11.7. The molecule has 17 heavy (non-hydrogen) atoms. The largest absolute Gasteiger partial charge is 0.472 e. The molecule has 0 saturated carbocycles. The maximum atomic E-state index is 12.9. The topological polar surface area (TPSA) is 42.4 Å². The Kier molecular flexibility index (Phi) is 3.44. The summed E-state index contributed by atoms with van der Waals surface area (Å²) in [4.78, 5) is 2.09. The van der Waals surface area contributed by atoms with Gasteiger partial charge in [-0.2, -0.15) is 0 Å². The van der Waals surface area contributed by atoms with Crippen LogP contribution in [0.15, 0.2) is 41.2 Å². The van der Waals surface area contributed by atoms with Crippen molar-refractivity contribution in [1.82, 2.24) is 4.90 Å². The van der Waals surface area contributed by atoms with E-state index in [1.54, 1.807) is 18.6 Å². The van der Waals surface area contributed by atoms with E-state index in [0.29, 0.717) is 12.2 Å². The van der Waals surface area contributed by atoms with Gasteiger partial charge in [0.1, 0.15) is 5.82 Å². The molecule has 0 aliphatic rings. The van der Waals surface area contributed by atoms with Crippen LogP contribution in [0.1, 0.15) is 11.1 Å². The van der Waals surface area contributed by atoms with Crippen LogP contribution in [0.2, 0.25) is 0 Å². The highest BCUT2D eigenvalue weighted by molar-refractivity contribution is 5.46. The quantitative estimate of drug-likeness (QED) is 0.827. The molecule has 2 rings (SSSR count). The summed E-state index contributed by atoms with van der Waals surface area (Å²) >= 11 is 0. The van der Waals surface area contributed by atoms with Gasteiger partial charge < -0.3 is 10.2 Å². The first-order chi connectivity index (χ1) is 8.15. The molecule has 0 amide bonds. The Morgan fingerprint density at radius 1 is 1.29 bits per heavy atom. The summed E-state index contributed by atoms with van der Waals surface area (Å²) in [6.07, 6.45) is 3.36. The molecule has 2 aromatic rings. The zero-order valence-corrected chi connectivity index (χ0v) is 9.69. The van der Waals surface area contributed by atoms with Gasteiger partial charge in [-0.15, -0.1) is 0 Å². The number of anilines is 1. The normalized spacial score (nSPS) is 11.0. The predicted molar refractivity (Wildman–Crippen MR) is 64.7 cm³/mol. The average Bonchev–Trinajstić information content (AvgIpc) is 2.75. The molecule has 4 heteroatoms. The monoisotopic (exact) mass is 234 g/mol. The minimum absolute atomic E-state index is 0.302. The Bertz CT molecular complexity index is 482. The Hall–Kier alpha value is -1.81. The van der Waals surface area contributed by atoms with E-state index in [9.17, 15) is 4.39 Å². The van der Waals surface area contributed by atoms with Crippen LogP contribution in [0.4, 0.5) is 10.1 Å². The van der Waals surface area contributed by atoms with Crippen LogP contribution >= 0.6 is 0 Å². The number of hydrogen-bond acceptors (Lipinski definition) is 3. The van der Waals surface area contributed by atoms with Gasteiger partial charge in [0.25, 0.3) is 0 Å². The van der Waals surface area contributed by atoms with Crippen molar-refractivity contribution in [3.05, 3.63) is 53.7 Å². The van der Waals surface area contributed by atoms with Gasteiger partial charge in [-0.05, 0) is 30.8 Å². The molecule has 2 N–H and O–H groups in total. The highest BCUT2D eigenvalue weighted by atomic mass is 19.1. The third kappa shape index (κ3) is 3.07. The zero-order chi connectivity index (χ0) is 12.3.